The van der Waals surface area contributed by atoms with Crippen LogP contribution in [0.25, 0.3) is 10.2 Å². The topological polar surface area (TPSA) is 51.7 Å². The first kappa shape index (κ1) is 19.9. The molecule has 5 nitrogen and oxygen atoms in total. The van der Waals surface area contributed by atoms with Crippen molar-refractivity contribution < 1.29 is 14.3 Å². The summed E-state index contributed by atoms with van der Waals surface area (Å²) >= 11 is 1.52. The van der Waals surface area contributed by atoms with Crippen LogP contribution in [0.15, 0.2) is 66.7 Å². The van der Waals surface area contributed by atoms with Gasteiger partial charge in [-0.05, 0) is 42.3 Å². The number of para-hydroxylation sites is 1. The molecule has 6 heteroatoms. The number of anilines is 1. The number of aryl methyl sites for hydroxylation is 1. The monoisotopic (exact) mass is 418 g/mol. The van der Waals surface area contributed by atoms with E-state index in [1.54, 1.807) is 37.3 Å². The number of amides is 1. The van der Waals surface area contributed by atoms with Crippen molar-refractivity contribution in [1.29, 1.82) is 0 Å². The summed E-state index contributed by atoms with van der Waals surface area (Å²) in [6.45, 7) is 2.45. The average molecular weight is 419 g/mol. The third kappa shape index (κ3) is 3.86. The van der Waals surface area contributed by atoms with Gasteiger partial charge in [0.2, 0.25) is 0 Å². The number of thiazole rings is 1. The summed E-state index contributed by atoms with van der Waals surface area (Å²) in [4.78, 5) is 20.1. The van der Waals surface area contributed by atoms with E-state index in [0.717, 1.165) is 21.3 Å². The number of hydrogen-bond donors (Lipinski definition) is 0. The Bertz CT molecular complexity index is 1190. The molecule has 4 rings (SSSR count). The molecular formula is C24H22N2O3S. The van der Waals surface area contributed by atoms with Crippen LogP contribution in [0.5, 0.6) is 11.5 Å². The Morgan fingerprint density at radius 2 is 1.73 bits per heavy atom. The highest BCUT2D eigenvalue weighted by Crippen LogP contribution is 2.34. The average Bonchev–Trinajstić information content (AvgIpc) is 3.22. The lowest BCUT2D eigenvalue weighted by Gasteiger charge is -2.21. The molecule has 0 aliphatic heterocycles. The maximum atomic E-state index is 13.6. The van der Waals surface area contributed by atoms with E-state index in [2.05, 4.69) is 0 Å². The minimum Gasteiger partial charge on any atom is -0.493 e. The van der Waals surface area contributed by atoms with Crippen molar-refractivity contribution in [2.45, 2.75) is 13.5 Å². The van der Waals surface area contributed by atoms with E-state index < -0.39 is 0 Å². The van der Waals surface area contributed by atoms with E-state index in [9.17, 15) is 4.79 Å². The molecule has 0 radical (unpaired) electrons. The van der Waals surface area contributed by atoms with Crippen molar-refractivity contribution >= 4 is 32.6 Å². The molecule has 0 saturated carbocycles. The number of carbonyl (C=O) groups is 1. The van der Waals surface area contributed by atoms with E-state index in [1.807, 2.05) is 55.5 Å². The van der Waals surface area contributed by atoms with Crippen LogP contribution in [-0.2, 0) is 6.54 Å². The number of aromatic nitrogens is 1. The Morgan fingerprint density at radius 3 is 2.43 bits per heavy atom. The molecule has 30 heavy (non-hydrogen) atoms. The van der Waals surface area contributed by atoms with Gasteiger partial charge in [0.25, 0.3) is 5.91 Å². The predicted octanol–water partition coefficient (Wildman–Crippen LogP) is 5.47. The van der Waals surface area contributed by atoms with Crippen molar-refractivity contribution in [3.63, 3.8) is 0 Å². The molecule has 0 unspecified atom stereocenters. The molecule has 4 aromatic rings. The van der Waals surface area contributed by atoms with Gasteiger partial charge in [0.15, 0.2) is 16.6 Å². The normalized spacial score (nSPS) is 10.8. The molecular weight excluding hydrogens is 396 g/mol. The first-order chi connectivity index (χ1) is 14.6. The fourth-order valence-corrected chi connectivity index (χ4v) is 4.35. The molecule has 0 spiro atoms. The second kappa shape index (κ2) is 8.55. The zero-order valence-electron chi connectivity index (χ0n) is 17.1. The lowest BCUT2D eigenvalue weighted by atomic mass is 10.1. The van der Waals surface area contributed by atoms with Crippen molar-refractivity contribution in [2.75, 3.05) is 19.1 Å². The number of benzene rings is 3. The van der Waals surface area contributed by atoms with Gasteiger partial charge in [-0.1, -0.05) is 53.8 Å². The van der Waals surface area contributed by atoms with Gasteiger partial charge in [-0.15, -0.1) is 0 Å². The lowest BCUT2D eigenvalue weighted by Crippen LogP contribution is -2.30. The highest BCUT2D eigenvalue weighted by atomic mass is 32.1. The Morgan fingerprint density at radius 1 is 0.967 bits per heavy atom. The zero-order valence-corrected chi connectivity index (χ0v) is 17.9. The molecule has 0 bridgehead atoms. The van der Waals surface area contributed by atoms with Crippen LogP contribution in [0.3, 0.4) is 0 Å². The molecule has 0 atom stereocenters. The minimum atomic E-state index is -0.142. The summed E-state index contributed by atoms with van der Waals surface area (Å²) in [7, 11) is 3.13. The van der Waals surface area contributed by atoms with Crippen LogP contribution in [0.4, 0.5) is 5.13 Å². The van der Waals surface area contributed by atoms with E-state index in [0.29, 0.717) is 28.7 Å². The Labute approximate surface area is 179 Å². The highest BCUT2D eigenvalue weighted by Gasteiger charge is 2.23. The smallest absolute Gasteiger partial charge is 0.260 e. The number of carbonyl (C=O) groups excluding carboxylic acids is 1. The predicted molar refractivity (Wildman–Crippen MR) is 121 cm³/mol. The third-order valence-electron chi connectivity index (χ3n) is 4.90. The molecule has 0 fully saturated rings. The summed E-state index contributed by atoms with van der Waals surface area (Å²) in [5.74, 6) is 0.957. The molecule has 0 aliphatic rings. The molecule has 1 heterocycles. The van der Waals surface area contributed by atoms with Gasteiger partial charge in [0, 0.05) is 5.56 Å². The Hall–Kier alpha value is -3.38. The van der Waals surface area contributed by atoms with Gasteiger partial charge in [0.1, 0.15) is 0 Å². The minimum absolute atomic E-state index is 0.142. The van der Waals surface area contributed by atoms with Gasteiger partial charge >= 0.3 is 0 Å². The van der Waals surface area contributed by atoms with Gasteiger partial charge in [-0.2, -0.15) is 0 Å². The fourth-order valence-electron chi connectivity index (χ4n) is 3.31. The highest BCUT2D eigenvalue weighted by molar-refractivity contribution is 7.22. The van der Waals surface area contributed by atoms with Crippen molar-refractivity contribution in [2.24, 2.45) is 0 Å². The van der Waals surface area contributed by atoms with Crippen LogP contribution >= 0.6 is 11.3 Å². The molecule has 3 aromatic carbocycles. The molecule has 1 amide bonds. The second-order valence-corrected chi connectivity index (χ2v) is 7.87. The standard InChI is InChI=1S/C24H22N2O3S/c1-16-8-7-11-21-22(16)25-24(30-21)26(15-17-9-5-4-6-10-17)23(27)18-12-13-19(28-2)20(14-18)29-3/h4-14H,15H2,1-3H3. The third-order valence-corrected chi connectivity index (χ3v) is 5.94. The molecule has 1 aromatic heterocycles. The van der Waals surface area contributed by atoms with E-state index in [-0.39, 0.29) is 5.91 Å². The summed E-state index contributed by atoms with van der Waals surface area (Å²) in [6.07, 6.45) is 0. The van der Waals surface area contributed by atoms with Gasteiger partial charge in [-0.25, -0.2) is 4.98 Å². The van der Waals surface area contributed by atoms with Crippen LogP contribution < -0.4 is 14.4 Å². The fraction of sp³-hybridized carbons (Fsp3) is 0.167. The zero-order chi connectivity index (χ0) is 21.1. The first-order valence-electron chi connectivity index (χ1n) is 9.54. The second-order valence-electron chi connectivity index (χ2n) is 6.86. The summed E-state index contributed by atoms with van der Waals surface area (Å²) in [5, 5.41) is 0.669. The molecule has 0 aliphatic carbocycles. The maximum Gasteiger partial charge on any atom is 0.260 e. The SMILES string of the molecule is COc1ccc(C(=O)N(Cc2ccccc2)c2nc3c(C)cccc3s2)cc1OC. The van der Waals surface area contributed by atoms with E-state index >= 15 is 0 Å². The summed E-state index contributed by atoms with van der Waals surface area (Å²) < 4.78 is 11.7. The number of fused-ring (bicyclic) bond motifs is 1. The number of hydrogen-bond acceptors (Lipinski definition) is 5. The van der Waals surface area contributed by atoms with Gasteiger partial charge in [0.05, 0.1) is 31.0 Å². The molecule has 0 saturated heterocycles. The van der Waals surface area contributed by atoms with Crippen molar-refractivity contribution in [3.8, 4) is 11.5 Å². The van der Waals surface area contributed by atoms with Crippen LogP contribution in [0.2, 0.25) is 0 Å². The molecule has 152 valence electrons. The quantitative estimate of drug-likeness (QED) is 0.417. The summed E-state index contributed by atoms with van der Waals surface area (Å²) in [5.41, 5.74) is 3.56. The van der Waals surface area contributed by atoms with Gasteiger partial charge < -0.3 is 9.47 Å². The van der Waals surface area contributed by atoms with Crippen molar-refractivity contribution in [3.05, 3.63) is 83.4 Å². The van der Waals surface area contributed by atoms with Crippen LogP contribution in [0.1, 0.15) is 21.5 Å². The number of ether oxygens (including phenoxy) is 2. The first-order valence-corrected chi connectivity index (χ1v) is 10.4. The Balaban J connectivity index is 1.78. The Kier molecular flexibility index (Phi) is 5.68. The maximum absolute atomic E-state index is 13.6. The van der Waals surface area contributed by atoms with Crippen LogP contribution in [0, 0.1) is 6.92 Å². The largest absolute Gasteiger partial charge is 0.493 e. The van der Waals surface area contributed by atoms with E-state index in [1.165, 1.54) is 11.3 Å². The lowest BCUT2D eigenvalue weighted by molar-refractivity contribution is 0.0984. The molecule has 0 N–H and O–H groups in total. The van der Waals surface area contributed by atoms with Crippen molar-refractivity contribution in [1.82, 2.24) is 4.98 Å². The number of rotatable bonds is 6. The summed E-state index contributed by atoms with van der Waals surface area (Å²) in [6, 6.07) is 21.2. The van der Waals surface area contributed by atoms with Crippen LogP contribution in [-0.4, -0.2) is 25.1 Å². The number of methoxy groups -OCH3 is 2. The number of nitrogens with zero attached hydrogens (tertiary/aromatic N) is 2. The van der Waals surface area contributed by atoms with E-state index in [4.69, 9.17) is 14.5 Å². The van der Waals surface area contributed by atoms with Gasteiger partial charge in [-0.3, -0.25) is 9.69 Å².